The van der Waals surface area contributed by atoms with E-state index in [4.69, 9.17) is 4.74 Å². The fourth-order valence-electron chi connectivity index (χ4n) is 2.63. The fraction of sp³-hybridized carbons (Fsp3) is 0.0526. The summed E-state index contributed by atoms with van der Waals surface area (Å²) in [5.41, 5.74) is 2.62. The number of phenolic OH excluding ortho intramolecular Hbond substituents is 1. The summed E-state index contributed by atoms with van der Waals surface area (Å²) in [5.74, 6) is -1.05. The van der Waals surface area contributed by atoms with E-state index in [0.717, 1.165) is 16.8 Å². The standard InChI is InChI=1S/C19H15N3O5/c1-27-17-10-12(9-16(18(17)23)22(25)26)11-20-21-19(24)15-8-4-6-13-5-2-3-7-14(13)15/h2-11,23H,1H3,(H,21,24)/b20-11-. The molecule has 0 saturated carbocycles. The number of ether oxygens (including phenoxy) is 1. The van der Waals surface area contributed by atoms with Crippen LogP contribution in [0.4, 0.5) is 5.69 Å². The second kappa shape index (κ2) is 7.52. The number of aromatic hydroxyl groups is 1. The molecule has 0 heterocycles. The van der Waals surface area contributed by atoms with Crippen LogP contribution >= 0.6 is 0 Å². The van der Waals surface area contributed by atoms with Crippen molar-refractivity contribution in [3.8, 4) is 11.5 Å². The summed E-state index contributed by atoms with van der Waals surface area (Å²) in [7, 11) is 1.28. The van der Waals surface area contributed by atoms with Crippen molar-refractivity contribution >= 4 is 28.6 Å². The van der Waals surface area contributed by atoms with Crippen LogP contribution in [-0.2, 0) is 0 Å². The molecule has 0 bridgehead atoms. The van der Waals surface area contributed by atoms with E-state index < -0.39 is 22.3 Å². The Hall–Kier alpha value is -3.94. The number of nitrogens with zero attached hydrogens (tertiary/aromatic N) is 2. The lowest BCUT2D eigenvalue weighted by Crippen LogP contribution is -2.17. The van der Waals surface area contributed by atoms with Crippen molar-refractivity contribution in [3.63, 3.8) is 0 Å². The van der Waals surface area contributed by atoms with E-state index in [2.05, 4.69) is 10.5 Å². The molecule has 0 spiro atoms. The molecular formula is C19H15N3O5. The number of hydrazone groups is 1. The highest BCUT2D eigenvalue weighted by atomic mass is 16.6. The summed E-state index contributed by atoms with van der Waals surface area (Å²) >= 11 is 0. The van der Waals surface area contributed by atoms with Crippen molar-refractivity contribution in [2.24, 2.45) is 5.10 Å². The molecule has 0 aromatic heterocycles. The lowest BCUT2D eigenvalue weighted by molar-refractivity contribution is -0.386. The van der Waals surface area contributed by atoms with Crippen LogP contribution in [0.25, 0.3) is 10.8 Å². The van der Waals surface area contributed by atoms with Gasteiger partial charge in [-0.15, -0.1) is 0 Å². The van der Waals surface area contributed by atoms with E-state index in [9.17, 15) is 20.0 Å². The van der Waals surface area contributed by atoms with Gasteiger partial charge in [-0.1, -0.05) is 36.4 Å². The average Bonchev–Trinajstić information content (AvgIpc) is 2.68. The van der Waals surface area contributed by atoms with E-state index in [1.54, 1.807) is 12.1 Å². The van der Waals surface area contributed by atoms with E-state index in [1.807, 2.05) is 30.3 Å². The Morgan fingerprint density at radius 3 is 2.70 bits per heavy atom. The van der Waals surface area contributed by atoms with Gasteiger partial charge in [0.2, 0.25) is 5.75 Å². The van der Waals surface area contributed by atoms with Crippen LogP contribution in [0.5, 0.6) is 11.5 Å². The van der Waals surface area contributed by atoms with Gasteiger partial charge in [-0.25, -0.2) is 5.43 Å². The first-order valence-corrected chi connectivity index (χ1v) is 7.88. The predicted molar refractivity (Wildman–Crippen MR) is 100 cm³/mol. The zero-order valence-electron chi connectivity index (χ0n) is 14.2. The number of fused-ring (bicyclic) bond motifs is 1. The molecule has 0 unspecified atom stereocenters. The first-order valence-electron chi connectivity index (χ1n) is 7.88. The molecule has 0 saturated heterocycles. The molecule has 0 aliphatic carbocycles. The average molecular weight is 365 g/mol. The largest absolute Gasteiger partial charge is 0.500 e. The highest BCUT2D eigenvalue weighted by Crippen LogP contribution is 2.36. The summed E-state index contributed by atoms with van der Waals surface area (Å²) in [6.07, 6.45) is 1.23. The quantitative estimate of drug-likeness (QED) is 0.409. The monoisotopic (exact) mass is 365 g/mol. The molecule has 1 amide bonds. The first-order chi connectivity index (χ1) is 13.0. The van der Waals surface area contributed by atoms with E-state index in [0.29, 0.717) is 5.56 Å². The van der Waals surface area contributed by atoms with E-state index in [-0.39, 0.29) is 11.3 Å². The molecule has 0 fully saturated rings. The molecule has 0 aliphatic rings. The Labute approximate surface area is 153 Å². The summed E-state index contributed by atoms with van der Waals surface area (Å²) in [4.78, 5) is 22.7. The number of hydrogen-bond donors (Lipinski definition) is 2. The maximum Gasteiger partial charge on any atom is 0.315 e. The van der Waals surface area contributed by atoms with Crippen molar-refractivity contribution < 1.29 is 19.6 Å². The zero-order valence-corrected chi connectivity index (χ0v) is 14.2. The maximum atomic E-state index is 12.4. The summed E-state index contributed by atoms with van der Waals surface area (Å²) in [6.45, 7) is 0. The van der Waals surface area contributed by atoms with Gasteiger partial charge in [0.1, 0.15) is 0 Å². The van der Waals surface area contributed by atoms with Gasteiger partial charge < -0.3 is 9.84 Å². The van der Waals surface area contributed by atoms with Crippen molar-refractivity contribution in [2.45, 2.75) is 0 Å². The molecule has 8 heteroatoms. The van der Waals surface area contributed by atoms with Crippen LogP contribution in [0.15, 0.2) is 59.7 Å². The van der Waals surface area contributed by atoms with Gasteiger partial charge in [-0.05, 0) is 22.9 Å². The third-order valence-corrected chi connectivity index (χ3v) is 3.91. The Bertz CT molecular complexity index is 1060. The number of carbonyl (C=O) groups is 1. The number of amides is 1. The smallest absolute Gasteiger partial charge is 0.315 e. The predicted octanol–water partition coefficient (Wildman–Crippen LogP) is 3.23. The van der Waals surface area contributed by atoms with Gasteiger partial charge in [0.25, 0.3) is 5.91 Å². The molecule has 0 atom stereocenters. The van der Waals surface area contributed by atoms with Gasteiger partial charge in [-0.2, -0.15) is 5.10 Å². The minimum absolute atomic E-state index is 0.0639. The zero-order chi connectivity index (χ0) is 19.4. The fourth-order valence-corrected chi connectivity index (χ4v) is 2.63. The SMILES string of the molecule is COc1cc(/C=N\NC(=O)c2cccc3ccccc23)cc([N+](=O)[O-])c1O. The van der Waals surface area contributed by atoms with Gasteiger partial charge >= 0.3 is 5.69 Å². The summed E-state index contributed by atoms with van der Waals surface area (Å²) < 4.78 is 4.92. The third kappa shape index (κ3) is 3.69. The van der Waals surface area contributed by atoms with Crippen LogP contribution in [0.3, 0.4) is 0 Å². The summed E-state index contributed by atoms with van der Waals surface area (Å²) in [6, 6.07) is 15.3. The topological polar surface area (TPSA) is 114 Å². The highest BCUT2D eigenvalue weighted by molar-refractivity contribution is 6.07. The number of nitro groups is 1. The molecular weight excluding hydrogens is 350 g/mol. The third-order valence-electron chi connectivity index (χ3n) is 3.91. The summed E-state index contributed by atoms with van der Waals surface area (Å²) in [5, 5.41) is 26.3. The van der Waals surface area contributed by atoms with Gasteiger partial charge in [0.15, 0.2) is 5.75 Å². The highest BCUT2D eigenvalue weighted by Gasteiger charge is 2.19. The molecule has 3 rings (SSSR count). The van der Waals surface area contributed by atoms with Crippen molar-refractivity contribution in [3.05, 3.63) is 75.8 Å². The molecule has 2 N–H and O–H groups in total. The van der Waals surface area contributed by atoms with Gasteiger partial charge in [0.05, 0.1) is 18.2 Å². The number of rotatable bonds is 5. The van der Waals surface area contributed by atoms with Crippen LogP contribution in [0, 0.1) is 10.1 Å². The van der Waals surface area contributed by atoms with E-state index >= 15 is 0 Å². The van der Waals surface area contributed by atoms with Crippen LogP contribution < -0.4 is 10.2 Å². The molecule has 0 radical (unpaired) electrons. The molecule has 27 heavy (non-hydrogen) atoms. The maximum absolute atomic E-state index is 12.4. The molecule has 3 aromatic rings. The minimum atomic E-state index is -0.732. The number of carbonyl (C=O) groups excluding carboxylic acids is 1. The molecule has 3 aromatic carbocycles. The Balaban J connectivity index is 1.84. The van der Waals surface area contributed by atoms with Gasteiger partial charge in [0, 0.05) is 17.2 Å². The van der Waals surface area contributed by atoms with E-state index in [1.165, 1.54) is 19.4 Å². The van der Waals surface area contributed by atoms with Gasteiger partial charge in [-0.3, -0.25) is 14.9 Å². The Kier molecular flexibility index (Phi) is 4.98. The number of phenols is 1. The number of nitrogens with one attached hydrogen (secondary N) is 1. The van der Waals surface area contributed by atoms with Crippen molar-refractivity contribution in [1.82, 2.24) is 5.43 Å². The normalized spacial score (nSPS) is 10.9. The second-order valence-corrected chi connectivity index (χ2v) is 5.57. The first kappa shape index (κ1) is 17.9. The lowest BCUT2D eigenvalue weighted by Gasteiger charge is -2.06. The Morgan fingerprint density at radius 1 is 1.22 bits per heavy atom. The molecule has 136 valence electrons. The number of hydrogen-bond acceptors (Lipinski definition) is 6. The van der Waals surface area contributed by atoms with Crippen LogP contribution in [0.2, 0.25) is 0 Å². The van der Waals surface area contributed by atoms with Crippen molar-refractivity contribution in [1.29, 1.82) is 0 Å². The van der Waals surface area contributed by atoms with Crippen LogP contribution in [-0.4, -0.2) is 29.3 Å². The molecule has 8 nitrogen and oxygen atoms in total. The molecule has 0 aliphatic heterocycles. The number of benzene rings is 3. The minimum Gasteiger partial charge on any atom is -0.500 e. The number of nitro benzene ring substituents is 1. The Morgan fingerprint density at radius 2 is 1.96 bits per heavy atom. The lowest BCUT2D eigenvalue weighted by atomic mass is 10.0. The van der Waals surface area contributed by atoms with Crippen LogP contribution in [0.1, 0.15) is 15.9 Å². The van der Waals surface area contributed by atoms with Crippen molar-refractivity contribution in [2.75, 3.05) is 7.11 Å². The number of methoxy groups -OCH3 is 1. The second-order valence-electron chi connectivity index (χ2n) is 5.57.